The van der Waals surface area contributed by atoms with E-state index in [1.54, 1.807) is 14.0 Å². The van der Waals surface area contributed by atoms with Crippen molar-refractivity contribution < 1.29 is 9.22 Å². The molecule has 1 amide bonds. The minimum absolute atomic E-state index is 0.0538. The number of carbonyl (C=O) groups excluding carboxylic acids is 1. The molecule has 0 aromatic heterocycles. The first-order valence-corrected chi connectivity index (χ1v) is 7.99. The van der Waals surface area contributed by atoms with Crippen molar-refractivity contribution in [3.8, 4) is 0 Å². The smallest absolute Gasteiger partial charge is 0.246 e. The molecular formula is C10H21NO2Si. The van der Waals surface area contributed by atoms with Gasteiger partial charge in [0.25, 0.3) is 0 Å². The summed E-state index contributed by atoms with van der Waals surface area (Å²) in [5, 5.41) is 2.81. The third-order valence-corrected chi connectivity index (χ3v) is 4.84. The molecule has 0 rings (SSSR count). The Kier molecular flexibility index (Phi) is 5.72. The van der Waals surface area contributed by atoms with Gasteiger partial charge in [-0.15, -0.1) is 0 Å². The topological polar surface area (TPSA) is 38.3 Å². The summed E-state index contributed by atoms with van der Waals surface area (Å²) in [4.78, 5) is 11.1. The molecule has 0 radical (unpaired) electrons. The van der Waals surface area contributed by atoms with E-state index in [1.807, 2.05) is 0 Å². The van der Waals surface area contributed by atoms with Crippen LogP contribution in [0, 0.1) is 0 Å². The second kappa shape index (κ2) is 5.98. The minimum atomic E-state index is -1.45. The maximum absolute atomic E-state index is 11.1. The maximum atomic E-state index is 11.1. The van der Waals surface area contributed by atoms with Gasteiger partial charge in [0.2, 0.25) is 5.91 Å². The molecule has 0 bridgehead atoms. The van der Waals surface area contributed by atoms with Crippen molar-refractivity contribution in [2.45, 2.75) is 32.5 Å². The summed E-state index contributed by atoms with van der Waals surface area (Å²) in [6.07, 6.45) is 0.978. The van der Waals surface area contributed by atoms with E-state index in [9.17, 15) is 4.79 Å². The molecule has 0 aliphatic carbocycles. The molecule has 0 fully saturated rings. The normalized spacial score (nSPS) is 11.1. The Labute approximate surface area is 87.7 Å². The molecule has 0 atom stereocenters. The first kappa shape index (κ1) is 13.4. The molecule has 0 spiro atoms. The van der Waals surface area contributed by atoms with Crippen LogP contribution in [0.3, 0.4) is 0 Å². The summed E-state index contributed by atoms with van der Waals surface area (Å²) in [6, 6.07) is 1.07. The summed E-state index contributed by atoms with van der Waals surface area (Å²) in [5.41, 5.74) is 0.563. The highest BCUT2D eigenvalue weighted by atomic mass is 28.4. The van der Waals surface area contributed by atoms with Gasteiger partial charge in [0.05, 0.1) is 0 Å². The summed E-state index contributed by atoms with van der Waals surface area (Å²) in [6.45, 7) is 10.3. The number of nitrogens with one attached hydrogen (secondary N) is 1. The van der Waals surface area contributed by atoms with E-state index in [1.165, 1.54) is 0 Å². The molecule has 0 heterocycles. The van der Waals surface area contributed by atoms with Crippen LogP contribution in [-0.2, 0) is 9.22 Å². The highest BCUT2D eigenvalue weighted by Gasteiger charge is 2.19. The van der Waals surface area contributed by atoms with Crippen LogP contribution in [0.15, 0.2) is 12.2 Å². The van der Waals surface area contributed by atoms with Crippen molar-refractivity contribution >= 4 is 14.2 Å². The fraction of sp³-hybridized carbons (Fsp3) is 0.700. The Balaban J connectivity index is 3.57. The molecule has 4 heteroatoms. The van der Waals surface area contributed by atoms with Crippen LogP contribution < -0.4 is 5.32 Å². The molecular weight excluding hydrogens is 194 g/mol. The molecule has 0 aromatic carbocycles. The second-order valence-corrected chi connectivity index (χ2v) is 8.53. The van der Waals surface area contributed by atoms with Crippen LogP contribution in [0.1, 0.15) is 13.3 Å². The van der Waals surface area contributed by atoms with Gasteiger partial charge < -0.3 is 9.74 Å². The number of rotatable bonds is 6. The number of carbonyl (C=O) groups is 1. The zero-order valence-corrected chi connectivity index (χ0v) is 10.6. The van der Waals surface area contributed by atoms with E-state index in [2.05, 4.69) is 25.0 Å². The van der Waals surface area contributed by atoms with Gasteiger partial charge in [-0.05, 0) is 32.5 Å². The Morgan fingerprint density at radius 3 is 2.50 bits per heavy atom. The van der Waals surface area contributed by atoms with Gasteiger partial charge >= 0.3 is 0 Å². The summed E-state index contributed by atoms with van der Waals surface area (Å²) in [7, 11) is 0.312. The predicted octanol–water partition coefficient (Wildman–Crippen LogP) is 1.92. The van der Waals surface area contributed by atoms with E-state index in [0.29, 0.717) is 12.1 Å². The molecule has 1 N–H and O–H groups in total. The largest absolute Gasteiger partial charge is 0.420 e. The first-order chi connectivity index (χ1) is 6.39. The number of hydrogen-bond acceptors (Lipinski definition) is 2. The SMILES string of the molecule is C=C(C)C(=O)NCCC[Si](C)(C)OC. The van der Waals surface area contributed by atoms with E-state index < -0.39 is 8.32 Å². The van der Waals surface area contributed by atoms with Crippen LogP contribution in [0.2, 0.25) is 19.1 Å². The van der Waals surface area contributed by atoms with Gasteiger partial charge in [-0.25, -0.2) is 0 Å². The van der Waals surface area contributed by atoms with Gasteiger partial charge in [-0.3, -0.25) is 4.79 Å². The van der Waals surface area contributed by atoms with Crippen LogP contribution >= 0.6 is 0 Å². The average Bonchev–Trinajstić information content (AvgIpc) is 2.12. The molecule has 82 valence electrons. The molecule has 14 heavy (non-hydrogen) atoms. The third kappa shape index (κ3) is 5.94. The lowest BCUT2D eigenvalue weighted by atomic mass is 10.3. The quantitative estimate of drug-likeness (QED) is 0.417. The monoisotopic (exact) mass is 215 g/mol. The standard InChI is InChI=1S/C10H21NO2Si/c1-9(2)10(12)11-7-6-8-14(4,5)13-3/h1,6-8H2,2-5H3,(H,11,12). The average molecular weight is 215 g/mol. The van der Waals surface area contributed by atoms with Gasteiger partial charge in [-0.2, -0.15) is 0 Å². The van der Waals surface area contributed by atoms with Crippen LogP contribution in [-0.4, -0.2) is 27.9 Å². The van der Waals surface area contributed by atoms with Gasteiger partial charge in [0.15, 0.2) is 8.32 Å². The van der Waals surface area contributed by atoms with Crippen molar-refractivity contribution in [2.24, 2.45) is 0 Å². The lowest BCUT2D eigenvalue weighted by Crippen LogP contribution is -2.31. The van der Waals surface area contributed by atoms with Crippen LogP contribution in [0.5, 0.6) is 0 Å². The van der Waals surface area contributed by atoms with Crippen molar-refractivity contribution in [1.29, 1.82) is 0 Å². The Morgan fingerprint density at radius 1 is 1.50 bits per heavy atom. The molecule has 0 saturated heterocycles. The Hall–Kier alpha value is -0.613. The highest BCUT2D eigenvalue weighted by molar-refractivity contribution is 6.71. The predicted molar refractivity (Wildman–Crippen MR) is 61.7 cm³/mol. The fourth-order valence-corrected chi connectivity index (χ4v) is 2.20. The third-order valence-electron chi connectivity index (χ3n) is 2.18. The lowest BCUT2D eigenvalue weighted by Gasteiger charge is -2.19. The van der Waals surface area contributed by atoms with Gasteiger partial charge in [0, 0.05) is 19.2 Å². The van der Waals surface area contributed by atoms with Crippen molar-refractivity contribution in [3.63, 3.8) is 0 Å². The number of hydrogen-bond donors (Lipinski definition) is 1. The molecule has 0 aromatic rings. The van der Waals surface area contributed by atoms with E-state index in [4.69, 9.17) is 4.43 Å². The van der Waals surface area contributed by atoms with Crippen LogP contribution in [0.25, 0.3) is 0 Å². The zero-order valence-electron chi connectivity index (χ0n) is 9.64. The molecule has 0 aliphatic rings. The Morgan fingerprint density at radius 2 is 2.07 bits per heavy atom. The summed E-state index contributed by atoms with van der Waals surface area (Å²) >= 11 is 0. The molecule has 0 saturated carbocycles. The minimum Gasteiger partial charge on any atom is -0.420 e. The molecule has 0 aliphatic heterocycles. The van der Waals surface area contributed by atoms with Crippen molar-refractivity contribution in [1.82, 2.24) is 5.32 Å². The van der Waals surface area contributed by atoms with Gasteiger partial charge in [-0.1, -0.05) is 6.58 Å². The second-order valence-electron chi connectivity index (χ2n) is 4.10. The summed E-state index contributed by atoms with van der Waals surface area (Å²) < 4.78 is 5.40. The summed E-state index contributed by atoms with van der Waals surface area (Å²) in [5.74, 6) is -0.0538. The Bertz CT molecular complexity index is 214. The first-order valence-electron chi connectivity index (χ1n) is 4.88. The van der Waals surface area contributed by atoms with Crippen molar-refractivity contribution in [2.75, 3.05) is 13.7 Å². The zero-order chi connectivity index (χ0) is 11.2. The lowest BCUT2D eigenvalue weighted by molar-refractivity contribution is -0.117. The van der Waals surface area contributed by atoms with E-state index in [0.717, 1.165) is 12.5 Å². The van der Waals surface area contributed by atoms with Crippen molar-refractivity contribution in [3.05, 3.63) is 12.2 Å². The van der Waals surface area contributed by atoms with Gasteiger partial charge in [0.1, 0.15) is 0 Å². The van der Waals surface area contributed by atoms with E-state index >= 15 is 0 Å². The molecule has 0 unspecified atom stereocenters. The number of amides is 1. The van der Waals surface area contributed by atoms with Crippen LogP contribution in [0.4, 0.5) is 0 Å². The molecule has 3 nitrogen and oxygen atoms in total. The highest BCUT2D eigenvalue weighted by Crippen LogP contribution is 2.11. The fourth-order valence-electron chi connectivity index (χ4n) is 0.969. The van der Waals surface area contributed by atoms with E-state index in [-0.39, 0.29) is 5.91 Å². The maximum Gasteiger partial charge on any atom is 0.246 e.